The second kappa shape index (κ2) is 4.85. The molecular formula is C12H13ClN2S. The molecule has 2 nitrogen and oxygen atoms in total. The molecule has 2 rings (SSSR count). The molecule has 0 bridgehead atoms. The minimum Gasteiger partial charge on any atom is -0.365 e. The lowest BCUT2D eigenvalue weighted by Crippen LogP contribution is -1.99. The molecule has 2 aromatic heterocycles. The summed E-state index contributed by atoms with van der Waals surface area (Å²) >= 11 is 7.62. The van der Waals surface area contributed by atoms with Crippen LogP contribution in [0, 0.1) is 13.8 Å². The van der Waals surface area contributed by atoms with Crippen LogP contribution in [0.15, 0.2) is 24.3 Å². The molecule has 0 aromatic carbocycles. The van der Waals surface area contributed by atoms with E-state index in [1.807, 2.05) is 23.5 Å². The van der Waals surface area contributed by atoms with E-state index >= 15 is 0 Å². The van der Waals surface area contributed by atoms with E-state index in [1.54, 1.807) is 6.07 Å². The molecule has 0 spiro atoms. The van der Waals surface area contributed by atoms with Crippen molar-refractivity contribution < 1.29 is 0 Å². The van der Waals surface area contributed by atoms with E-state index in [4.69, 9.17) is 11.6 Å². The van der Waals surface area contributed by atoms with E-state index < -0.39 is 0 Å². The van der Waals surface area contributed by atoms with Crippen LogP contribution in [0.3, 0.4) is 0 Å². The van der Waals surface area contributed by atoms with Gasteiger partial charge in [0, 0.05) is 9.75 Å². The molecule has 0 aliphatic rings. The summed E-state index contributed by atoms with van der Waals surface area (Å²) in [6.07, 6.45) is 0. The Kier molecular flexibility index (Phi) is 3.46. The fraction of sp³-hybridized carbons (Fsp3) is 0.250. The van der Waals surface area contributed by atoms with Gasteiger partial charge in [-0.25, -0.2) is 4.98 Å². The number of thiophene rings is 1. The van der Waals surface area contributed by atoms with Crippen LogP contribution >= 0.6 is 22.9 Å². The minimum atomic E-state index is 0.517. The number of hydrogen-bond donors (Lipinski definition) is 1. The number of hydrogen-bond acceptors (Lipinski definition) is 3. The predicted molar refractivity (Wildman–Crippen MR) is 70.4 cm³/mol. The van der Waals surface area contributed by atoms with Crippen molar-refractivity contribution in [1.82, 2.24) is 4.98 Å². The molecule has 4 heteroatoms. The fourth-order valence-electron chi connectivity index (χ4n) is 1.42. The Morgan fingerprint density at radius 3 is 2.81 bits per heavy atom. The van der Waals surface area contributed by atoms with Gasteiger partial charge in [-0.05, 0) is 37.6 Å². The van der Waals surface area contributed by atoms with Crippen LogP contribution in [-0.4, -0.2) is 4.98 Å². The molecule has 16 heavy (non-hydrogen) atoms. The van der Waals surface area contributed by atoms with Gasteiger partial charge in [0.1, 0.15) is 11.0 Å². The number of aromatic nitrogens is 1. The second-order valence-electron chi connectivity index (χ2n) is 3.65. The van der Waals surface area contributed by atoms with Gasteiger partial charge in [0.2, 0.25) is 0 Å². The quantitative estimate of drug-likeness (QED) is 0.835. The maximum absolute atomic E-state index is 5.81. The summed E-state index contributed by atoms with van der Waals surface area (Å²) in [7, 11) is 0. The maximum atomic E-state index is 5.81. The van der Waals surface area contributed by atoms with Crippen molar-refractivity contribution in [2.45, 2.75) is 20.4 Å². The normalized spacial score (nSPS) is 10.4. The Hall–Kier alpha value is -1.06. The predicted octanol–water partition coefficient (Wildman–Crippen LogP) is 4.03. The van der Waals surface area contributed by atoms with E-state index in [9.17, 15) is 0 Å². The second-order valence-corrected chi connectivity index (χ2v) is 5.38. The molecule has 0 aliphatic carbocycles. The lowest BCUT2D eigenvalue weighted by Gasteiger charge is -2.03. The van der Waals surface area contributed by atoms with Crippen molar-refractivity contribution >= 4 is 28.8 Å². The van der Waals surface area contributed by atoms with Gasteiger partial charge in [-0.3, -0.25) is 0 Å². The Bertz CT molecular complexity index is 474. The van der Waals surface area contributed by atoms with Crippen LogP contribution in [0.2, 0.25) is 5.15 Å². The largest absolute Gasteiger partial charge is 0.365 e. The zero-order valence-electron chi connectivity index (χ0n) is 9.25. The highest BCUT2D eigenvalue weighted by molar-refractivity contribution is 7.12. The molecule has 0 amide bonds. The first-order valence-corrected chi connectivity index (χ1v) is 6.27. The van der Waals surface area contributed by atoms with Crippen LogP contribution in [-0.2, 0) is 6.54 Å². The van der Waals surface area contributed by atoms with Crippen molar-refractivity contribution in [3.63, 3.8) is 0 Å². The third-order valence-corrected chi connectivity index (χ3v) is 3.74. The average Bonchev–Trinajstić information content (AvgIpc) is 2.56. The Morgan fingerprint density at radius 2 is 2.19 bits per heavy atom. The first kappa shape index (κ1) is 11.4. The molecule has 0 fully saturated rings. The highest BCUT2D eigenvalue weighted by Crippen LogP contribution is 2.21. The van der Waals surface area contributed by atoms with Gasteiger partial charge in [0.15, 0.2) is 0 Å². The zero-order chi connectivity index (χ0) is 11.5. The van der Waals surface area contributed by atoms with Crippen molar-refractivity contribution in [2.24, 2.45) is 0 Å². The number of halogens is 1. The van der Waals surface area contributed by atoms with Crippen molar-refractivity contribution in [3.05, 3.63) is 44.7 Å². The summed E-state index contributed by atoms with van der Waals surface area (Å²) in [6.45, 7) is 5.07. The molecule has 84 valence electrons. The third-order valence-electron chi connectivity index (χ3n) is 2.38. The summed E-state index contributed by atoms with van der Waals surface area (Å²) in [4.78, 5) is 6.86. The summed E-state index contributed by atoms with van der Waals surface area (Å²) in [5.74, 6) is 0.816. The number of pyridine rings is 1. The first-order chi connectivity index (χ1) is 7.65. The average molecular weight is 253 g/mol. The van der Waals surface area contributed by atoms with Gasteiger partial charge in [0.05, 0.1) is 6.54 Å². The van der Waals surface area contributed by atoms with Gasteiger partial charge in [-0.1, -0.05) is 17.7 Å². The summed E-state index contributed by atoms with van der Waals surface area (Å²) in [5.41, 5.74) is 1.35. The number of aryl methyl sites for hydroxylation is 2. The number of nitrogens with zero attached hydrogens (tertiary/aromatic N) is 1. The monoisotopic (exact) mass is 252 g/mol. The lowest BCUT2D eigenvalue weighted by atomic mass is 10.3. The van der Waals surface area contributed by atoms with E-state index in [0.29, 0.717) is 5.15 Å². The summed E-state index contributed by atoms with van der Waals surface area (Å²) in [6, 6.07) is 7.78. The smallest absolute Gasteiger partial charge is 0.131 e. The van der Waals surface area contributed by atoms with Crippen molar-refractivity contribution in [3.8, 4) is 0 Å². The van der Waals surface area contributed by atoms with Gasteiger partial charge >= 0.3 is 0 Å². The van der Waals surface area contributed by atoms with Gasteiger partial charge in [-0.2, -0.15) is 0 Å². The molecular weight excluding hydrogens is 240 g/mol. The van der Waals surface area contributed by atoms with Crippen LogP contribution in [0.4, 0.5) is 5.82 Å². The van der Waals surface area contributed by atoms with E-state index in [1.165, 1.54) is 15.3 Å². The molecule has 1 N–H and O–H groups in total. The molecule has 0 saturated heterocycles. The van der Waals surface area contributed by atoms with E-state index in [2.05, 4.69) is 30.2 Å². The molecule has 2 heterocycles. The topological polar surface area (TPSA) is 24.9 Å². The van der Waals surface area contributed by atoms with Crippen LogP contribution in [0.5, 0.6) is 0 Å². The molecule has 0 aliphatic heterocycles. The molecule has 0 atom stereocenters. The van der Waals surface area contributed by atoms with Gasteiger partial charge in [-0.15, -0.1) is 11.3 Å². The van der Waals surface area contributed by atoms with Crippen LogP contribution < -0.4 is 5.32 Å². The highest BCUT2D eigenvalue weighted by atomic mass is 35.5. The molecule has 0 saturated carbocycles. The van der Waals surface area contributed by atoms with Crippen molar-refractivity contribution in [1.29, 1.82) is 0 Å². The van der Waals surface area contributed by atoms with Crippen LogP contribution in [0.25, 0.3) is 0 Å². The Labute approximate surface area is 104 Å². The zero-order valence-corrected chi connectivity index (χ0v) is 10.8. The fourth-order valence-corrected chi connectivity index (χ4v) is 2.58. The Balaban J connectivity index is 2.02. The molecule has 0 unspecified atom stereocenters. The highest BCUT2D eigenvalue weighted by Gasteiger charge is 2.01. The number of anilines is 1. The first-order valence-electron chi connectivity index (χ1n) is 5.07. The third kappa shape index (κ3) is 2.74. The molecule has 0 radical (unpaired) electrons. The lowest BCUT2D eigenvalue weighted by molar-refractivity contribution is 1.14. The number of rotatable bonds is 3. The molecule has 2 aromatic rings. The summed E-state index contributed by atoms with van der Waals surface area (Å²) in [5, 5.41) is 3.77. The SMILES string of the molecule is Cc1cc(CNc2cccc(Cl)n2)sc1C. The van der Waals surface area contributed by atoms with Gasteiger partial charge in [0.25, 0.3) is 0 Å². The standard InChI is InChI=1S/C12H13ClN2S/c1-8-6-10(16-9(8)2)7-14-12-5-3-4-11(13)15-12/h3-6H,7H2,1-2H3,(H,14,15). The van der Waals surface area contributed by atoms with E-state index in [-0.39, 0.29) is 0 Å². The van der Waals surface area contributed by atoms with Crippen molar-refractivity contribution in [2.75, 3.05) is 5.32 Å². The minimum absolute atomic E-state index is 0.517. The summed E-state index contributed by atoms with van der Waals surface area (Å²) < 4.78 is 0. The van der Waals surface area contributed by atoms with Crippen LogP contribution in [0.1, 0.15) is 15.3 Å². The van der Waals surface area contributed by atoms with Gasteiger partial charge < -0.3 is 5.32 Å². The number of nitrogens with one attached hydrogen (secondary N) is 1. The maximum Gasteiger partial charge on any atom is 0.131 e. The Morgan fingerprint density at radius 1 is 1.38 bits per heavy atom. The van der Waals surface area contributed by atoms with E-state index in [0.717, 1.165) is 12.4 Å².